The molecule has 6 atom stereocenters. The zero-order valence-corrected chi connectivity index (χ0v) is 22.1. The summed E-state index contributed by atoms with van der Waals surface area (Å²) in [6, 6.07) is 5.62. The molecule has 5 amide bonds. The Morgan fingerprint density at radius 3 is 2.28 bits per heavy atom. The van der Waals surface area contributed by atoms with E-state index >= 15 is 0 Å². The SMILES string of the molecule is C[C@@H](O)[C@H](NC(=O)[C@H]1CCN(C(=O)[C@H]2CCCN2C(=O)[C@@H](NC(=O)OCc2ccccc2)[C@@H](C)O)C1)C(N)=O. The third-order valence-corrected chi connectivity index (χ3v) is 7.01. The molecule has 0 aromatic heterocycles. The van der Waals surface area contributed by atoms with E-state index < -0.39 is 60.1 Å². The number of carbonyl (C=O) groups is 5. The van der Waals surface area contributed by atoms with Crippen molar-refractivity contribution in [2.45, 2.75) is 70.1 Å². The second-order valence-corrected chi connectivity index (χ2v) is 10.0. The molecule has 2 heterocycles. The molecule has 2 saturated heterocycles. The molecule has 6 N–H and O–H groups in total. The Bertz CT molecular complexity index is 1050. The predicted molar refractivity (Wildman–Crippen MR) is 137 cm³/mol. The molecule has 13 nitrogen and oxygen atoms in total. The first kappa shape index (κ1) is 29.8. The number of benzene rings is 1. The summed E-state index contributed by atoms with van der Waals surface area (Å²) in [6.07, 6.45) is -2.00. The van der Waals surface area contributed by atoms with Crippen LogP contribution in [0.1, 0.15) is 38.7 Å². The lowest BCUT2D eigenvalue weighted by Gasteiger charge is -2.31. The molecule has 0 aliphatic carbocycles. The van der Waals surface area contributed by atoms with E-state index in [1.54, 1.807) is 24.3 Å². The number of likely N-dealkylation sites (tertiary alicyclic amines) is 2. The minimum Gasteiger partial charge on any atom is -0.445 e. The van der Waals surface area contributed by atoms with E-state index in [1.807, 2.05) is 6.07 Å². The molecule has 3 rings (SSSR count). The lowest BCUT2D eigenvalue weighted by Crippen LogP contribution is -2.57. The number of amides is 5. The van der Waals surface area contributed by atoms with Crippen LogP contribution in [0.3, 0.4) is 0 Å². The van der Waals surface area contributed by atoms with Crippen molar-refractivity contribution in [3.05, 3.63) is 35.9 Å². The van der Waals surface area contributed by atoms with Crippen molar-refractivity contribution in [1.29, 1.82) is 0 Å². The van der Waals surface area contributed by atoms with Crippen molar-refractivity contribution in [3.63, 3.8) is 0 Å². The number of primary amides is 1. The Labute approximate surface area is 226 Å². The molecule has 2 aliphatic rings. The van der Waals surface area contributed by atoms with Crippen LogP contribution in [-0.2, 0) is 30.5 Å². The van der Waals surface area contributed by atoms with Crippen molar-refractivity contribution in [2.75, 3.05) is 19.6 Å². The molecule has 0 bridgehead atoms. The van der Waals surface area contributed by atoms with Gasteiger partial charge in [-0.25, -0.2) is 4.79 Å². The fourth-order valence-corrected chi connectivity index (χ4v) is 4.83. The molecule has 0 saturated carbocycles. The van der Waals surface area contributed by atoms with Crippen molar-refractivity contribution in [2.24, 2.45) is 11.7 Å². The molecule has 39 heavy (non-hydrogen) atoms. The van der Waals surface area contributed by atoms with E-state index in [4.69, 9.17) is 10.5 Å². The minimum atomic E-state index is -1.31. The summed E-state index contributed by atoms with van der Waals surface area (Å²) in [5.41, 5.74) is 5.99. The molecule has 1 aromatic rings. The van der Waals surface area contributed by atoms with E-state index in [1.165, 1.54) is 23.6 Å². The third-order valence-electron chi connectivity index (χ3n) is 7.01. The van der Waals surface area contributed by atoms with Gasteiger partial charge < -0.3 is 41.1 Å². The predicted octanol–water partition coefficient (Wildman–Crippen LogP) is -1.15. The van der Waals surface area contributed by atoms with Crippen LogP contribution in [0.5, 0.6) is 0 Å². The number of carbonyl (C=O) groups excluding carboxylic acids is 5. The number of nitrogens with zero attached hydrogens (tertiary/aromatic N) is 2. The van der Waals surface area contributed by atoms with Crippen molar-refractivity contribution in [1.82, 2.24) is 20.4 Å². The Kier molecular flexibility index (Phi) is 10.2. The van der Waals surface area contributed by atoms with Gasteiger partial charge in [-0.3, -0.25) is 19.2 Å². The van der Waals surface area contributed by atoms with Crippen LogP contribution in [0.25, 0.3) is 0 Å². The lowest BCUT2D eigenvalue weighted by atomic mass is 10.1. The molecule has 214 valence electrons. The zero-order chi connectivity index (χ0) is 28.7. The van der Waals surface area contributed by atoms with Crippen LogP contribution in [0.2, 0.25) is 0 Å². The van der Waals surface area contributed by atoms with Gasteiger partial charge in [0.1, 0.15) is 24.7 Å². The molecule has 2 aliphatic heterocycles. The van der Waals surface area contributed by atoms with Crippen LogP contribution in [0, 0.1) is 5.92 Å². The molecule has 2 fully saturated rings. The van der Waals surface area contributed by atoms with Crippen LogP contribution in [-0.4, -0.2) is 99.7 Å². The first-order valence-electron chi connectivity index (χ1n) is 13.0. The molecule has 0 unspecified atom stereocenters. The summed E-state index contributed by atoms with van der Waals surface area (Å²) >= 11 is 0. The van der Waals surface area contributed by atoms with Crippen LogP contribution in [0.4, 0.5) is 4.79 Å². The number of rotatable bonds is 10. The maximum atomic E-state index is 13.4. The molecular weight excluding hydrogens is 510 g/mol. The van der Waals surface area contributed by atoms with Gasteiger partial charge in [0, 0.05) is 19.6 Å². The minimum absolute atomic E-state index is 0.0146. The first-order chi connectivity index (χ1) is 18.5. The summed E-state index contributed by atoms with van der Waals surface area (Å²) in [5.74, 6) is -2.91. The van der Waals surface area contributed by atoms with Gasteiger partial charge in [0.05, 0.1) is 18.1 Å². The number of alkyl carbamates (subject to hydrolysis) is 1. The van der Waals surface area contributed by atoms with Gasteiger partial charge in [0.2, 0.25) is 23.6 Å². The van der Waals surface area contributed by atoms with Gasteiger partial charge in [0.25, 0.3) is 0 Å². The van der Waals surface area contributed by atoms with E-state index in [9.17, 15) is 34.2 Å². The van der Waals surface area contributed by atoms with E-state index in [2.05, 4.69) is 10.6 Å². The normalized spacial score (nSPS) is 21.9. The van der Waals surface area contributed by atoms with Gasteiger partial charge in [-0.1, -0.05) is 30.3 Å². The highest BCUT2D eigenvalue weighted by Crippen LogP contribution is 2.25. The van der Waals surface area contributed by atoms with Gasteiger partial charge in [-0.05, 0) is 38.7 Å². The summed E-state index contributed by atoms with van der Waals surface area (Å²) in [6.45, 7) is 3.31. The van der Waals surface area contributed by atoms with Crippen molar-refractivity contribution < 1.29 is 38.9 Å². The standard InChI is InChI=1S/C26H37N5O8/c1-15(32)20(22(27)34)28-23(35)18-10-12-30(13-18)24(36)19-9-6-11-31(19)25(37)21(16(2)33)29-26(38)39-14-17-7-4-3-5-8-17/h3-5,7-8,15-16,18-21,32-33H,6,9-14H2,1-2H3,(H2,27,34)(H,28,35)(H,29,38)/t15-,16-,18+,19-,20+,21+/m1/s1. The van der Waals surface area contributed by atoms with E-state index in [0.717, 1.165) is 5.56 Å². The largest absolute Gasteiger partial charge is 0.445 e. The summed E-state index contributed by atoms with van der Waals surface area (Å²) in [7, 11) is 0. The highest BCUT2D eigenvalue weighted by Gasteiger charge is 2.43. The molecule has 0 radical (unpaired) electrons. The molecule has 0 spiro atoms. The maximum absolute atomic E-state index is 13.4. The quantitative estimate of drug-likeness (QED) is 0.242. The first-order valence-corrected chi connectivity index (χ1v) is 13.0. The van der Waals surface area contributed by atoms with Crippen LogP contribution in [0.15, 0.2) is 30.3 Å². The molecular formula is C26H37N5O8. The number of nitrogens with two attached hydrogens (primary N) is 1. The van der Waals surface area contributed by atoms with E-state index in [0.29, 0.717) is 19.3 Å². The zero-order valence-electron chi connectivity index (χ0n) is 22.1. The molecule has 13 heteroatoms. The summed E-state index contributed by atoms with van der Waals surface area (Å²) in [4.78, 5) is 66.0. The maximum Gasteiger partial charge on any atom is 0.408 e. The monoisotopic (exact) mass is 547 g/mol. The number of nitrogens with one attached hydrogen (secondary N) is 2. The van der Waals surface area contributed by atoms with Gasteiger partial charge in [0.15, 0.2) is 0 Å². The number of ether oxygens (including phenoxy) is 1. The smallest absolute Gasteiger partial charge is 0.408 e. The van der Waals surface area contributed by atoms with Crippen LogP contribution >= 0.6 is 0 Å². The van der Waals surface area contributed by atoms with Crippen molar-refractivity contribution >= 4 is 29.7 Å². The highest BCUT2D eigenvalue weighted by atomic mass is 16.5. The lowest BCUT2D eigenvalue weighted by molar-refractivity contribution is -0.146. The fraction of sp³-hybridized carbons (Fsp3) is 0.577. The summed E-state index contributed by atoms with van der Waals surface area (Å²) < 4.78 is 5.18. The second kappa shape index (κ2) is 13.4. The number of aliphatic hydroxyl groups excluding tert-OH is 2. The average Bonchev–Trinajstić information content (AvgIpc) is 3.59. The highest BCUT2D eigenvalue weighted by molar-refractivity contribution is 5.93. The topological polar surface area (TPSA) is 192 Å². The van der Waals surface area contributed by atoms with Crippen molar-refractivity contribution in [3.8, 4) is 0 Å². The number of hydrogen-bond donors (Lipinski definition) is 5. The Morgan fingerprint density at radius 2 is 1.67 bits per heavy atom. The van der Waals surface area contributed by atoms with Gasteiger partial charge >= 0.3 is 6.09 Å². The Morgan fingerprint density at radius 1 is 1.00 bits per heavy atom. The molecule has 1 aromatic carbocycles. The number of hydrogen-bond acceptors (Lipinski definition) is 8. The Hall–Kier alpha value is -3.71. The third kappa shape index (κ3) is 7.67. The number of aliphatic hydroxyl groups is 2. The fourth-order valence-electron chi connectivity index (χ4n) is 4.83. The summed E-state index contributed by atoms with van der Waals surface area (Å²) in [5, 5.41) is 24.8. The van der Waals surface area contributed by atoms with Gasteiger partial charge in [-0.15, -0.1) is 0 Å². The van der Waals surface area contributed by atoms with Crippen LogP contribution < -0.4 is 16.4 Å². The Balaban J connectivity index is 1.59. The van der Waals surface area contributed by atoms with E-state index in [-0.39, 0.29) is 32.1 Å². The van der Waals surface area contributed by atoms with Gasteiger partial charge in [-0.2, -0.15) is 0 Å². The second-order valence-electron chi connectivity index (χ2n) is 10.0. The average molecular weight is 548 g/mol.